The van der Waals surface area contributed by atoms with Gasteiger partial charge in [0.2, 0.25) is 5.91 Å². The molecule has 3 nitrogen and oxygen atoms in total. The molecule has 0 heterocycles. The Morgan fingerprint density at radius 2 is 1.87 bits per heavy atom. The molecule has 172 valence electrons. The molecular weight excluding hydrogens is 370 g/mol. The van der Waals surface area contributed by atoms with Crippen molar-refractivity contribution in [3.63, 3.8) is 0 Å². The Balaban J connectivity index is 1.50. The Hall–Kier alpha value is -0.570. The van der Waals surface area contributed by atoms with Gasteiger partial charge in [-0.05, 0) is 111 Å². The molecule has 4 aliphatic rings. The van der Waals surface area contributed by atoms with E-state index in [0.29, 0.717) is 29.6 Å². The van der Waals surface area contributed by atoms with E-state index in [-0.39, 0.29) is 17.4 Å². The van der Waals surface area contributed by atoms with Crippen molar-refractivity contribution in [1.82, 2.24) is 5.32 Å². The van der Waals surface area contributed by atoms with Crippen LogP contribution in [0.3, 0.4) is 0 Å². The van der Waals surface area contributed by atoms with Gasteiger partial charge in [-0.3, -0.25) is 4.79 Å². The predicted octanol–water partition coefficient (Wildman–Crippen LogP) is 5.80. The number of aliphatic hydroxyl groups excluding tert-OH is 1. The van der Waals surface area contributed by atoms with Crippen LogP contribution < -0.4 is 5.32 Å². The number of fused-ring (bicyclic) bond motifs is 5. The van der Waals surface area contributed by atoms with E-state index in [1.807, 2.05) is 6.92 Å². The molecule has 4 aliphatic carbocycles. The molecule has 0 bridgehead atoms. The second kappa shape index (κ2) is 8.41. The molecule has 4 saturated carbocycles. The lowest BCUT2D eigenvalue weighted by atomic mass is 9.43. The minimum absolute atomic E-state index is 0.0486. The lowest BCUT2D eigenvalue weighted by Crippen LogP contribution is -2.58. The van der Waals surface area contributed by atoms with Crippen LogP contribution in [0, 0.1) is 52.3 Å². The van der Waals surface area contributed by atoms with Gasteiger partial charge in [-0.2, -0.15) is 0 Å². The van der Waals surface area contributed by atoms with Gasteiger partial charge >= 0.3 is 0 Å². The molecular formula is C27H47NO2. The summed E-state index contributed by atoms with van der Waals surface area (Å²) >= 11 is 0. The number of carbonyl (C=O) groups excluding carboxylic acids is 1. The van der Waals surface area contributed by atoms with E-state index >= 15 is 0 Å². The number of hydrogen-bond acceptors (Lipinski definition) is 2. The quantitative estimate of drug-likeness (QED) is 0.593. The van der Waals surface area contributed by atoms with Gasteiger partial charge in [-0.1, -0.05) is 34.1 Å². The number of rotatable bonds is 5. The van der Waals surface area contributed by atoms with Crippen molar-refractivity contribution >= 4 is 5.91 Å². The molecule has 0 aliphatic heterocycles. The van der Waals surface area contributed by atoms with Crippen LogP contribution in [0.1, 0.15) is 98.8 Å². The van der Waals surface area contributed by atoms with Crippen molar-refractivity contribution in [1.29, 1.82) is 0 Å². The van der Waals surface area contributed by atoms with E-state index in [9.17, 15) is 9.90 Å². The van der Waals surface area contributed by atoms with Crippen molar-refractivity contribution in [2.75, 3.05) is 6.54 Å². The van der Waals surface area contributed by atoms with Crippen molar-refractivity contribution in [3.8, 4) is 0 Å². The van der Waals surface area contributed by atoms with Crippen molar-refractivity contribution in [3.05, 3.63) is 0 Å². The van der Waals surface area contributed by atoms with Gasteiger partial charge in [0, 0.05) is 13.0 Å². The standard InChI is InChI=1S/C27H47NO2/c1-6-28-25(30)12-7-18(3)21-10-11-22-20-9-8-19-15-17(2)13-14-26(19,4)23(20)16-24(29)27(21,22)5/h17-24,29H,6-16H2,1-5H3,(H,28,30)/t17?,18?,19-,20?,21-,22?,23?,24?,26+,27-/m1/s1. The van der Waals surface area contributed by atoms with Crippen LogP contribution >= 0.6 is 0 Å². The fourth-order valence-electron chi connectivity index (χ4n) is 9.24. The highest BCUT2D eigenvalue weighted by molar-refractivity contribution is 5.75. The Kier molecular flexibility index (Phi) is 6.34. The maximum Gasteiger partial charge on any atom is 0.219 e. The molecule has 4 rings (SSSR count). The average molecular weight is 418 g/mol. The summed E-state index contributed by atoms with van der Waals surface area (Å²) in [6, 6.07) is 0. The lowest BCUT2D eigenvalue weighted by molar-refractivity contribution is -0.171. The molecule has 6 unspecified atom stereocenters. The van der Waals surface area contributed by atoms with E-state index in [1.54, 1.807) is 0 Å². The zero-order valence-corrected chi connectivity index (χ0v) is 20.3. The SMILES string of the molecule is CCNC(=O)CCC(C)[C@H]1CCC2C3CC[C@@H]4CC(C)CC[C@]4(C)C3CC(O)[C@@]21C. The number of aliphatic hydroxyl groups is 1. The summed E-state index contributed by atoms with van der Waals surface area (Å²) in [6.07, 6.45) is 12.0. The van der Waals surface area contributed by atoms with Gasteiger partial charge in [-0.15, -0.1) is 0 Å². The van der Waals surface area contributed by atoms with Crippen LogP contribution in [0.15, 0.2) is 0 Å². The highest BCUT2D eigenvalue weighted by Crippen LogP contribution is 2.68. The molecule has 30 heavy (non-hydrogen) atoms. The van der Waals surface area contributed by atoms with Gasteiger partial charge in [0.25, 0.3) is 0 Å². The molecule has 10 atom stereocenters. The molecule has 0 spiro atoms. The van der Waals surface area contributed by atoms with E-state index in [2.05, 4.69) is 33.0 Å². The van der Waals surface area contributed by atoms with Gasteiger partial charge in [0.15, 0.2) is 0 Å². The zero-order chi connectivity index (χ0) is 21.7. The Labute approximate surface area is 185 Å². The largest absolute Gasteiger partial charge is 0.393 e. The fourth-order valence-corrected chi connectivity index (χ4v) is 9.24. The summed E-state index contributed by atoms with van der Waals surface area (Å²) in [7, 11) is 0. The van der Waals surface area contributed by atoms with Crippen LogP contribution in [0.2, 0.25) is 0 Å². The number of carbonyl (C=O) groups is 1. The van der Waals surface area contributed by atoms with Gasteiger partial charge < -0.3 is 10.4 Å². The highest BCUT2D eigenvalue weighted by atomic mass is 16.3. The van der Waals surface area contributed by atoms with Crippen LogP contribution in [0.25, 0.3) is 0 Å². The first-order valence-corrected chi connectivity index (χ1v) is 13.2. The third-order valence-electron chi connectivity index (χ3n) is 11.0. The number of nitrogens with one attached hydrogen (secondary N) is 1. The maximum absolute atomic E-state index is 12.0. The molecule has 0 aromatic rings. The Morgan fingerprint density at radius 3 is 2.60 bits per heavy atom. The molecule has 1 amide bonds. The predicted molar refractivity (Wildman–Crippen MR) is 123 cm³/mol. The third-order valence-corrected chi connectivity index (χ3v) is 11.0. The Bertz CT molecular complexity index is 634. The first kappa shape index (κ1) is 22.6. The number of hydrogen-bond donors (Lipinski definition) is 2. The van der Waals surface area contributed by atoms with Crippen LogP contribution in [-0.4, -0.2) is 23.7 Å². The molecule has 0 aromatic heterocycles. The number of amides is 1. The minimum Gasteiger partial charge on any atom is -0.393 e. The lowest BCUT2D eigenvalue weighted by Gasteiger charge is -2.62. The van der Waals surface area contributed by atoms with E-state index in [0.717, 1.165) is 43.1 Å². The highest BCUT2D eigenvalue weighted by Gasteiger charge is 2.63. The molecule has 0 saturated heterocycles. The summed E-state index contributed by atoms with van der Waals surface area (Å²) in [5.74, 6) is 5.24. The summed E-state index contributed by atoms with van der Waals surface area (Å²) in [4.78, 5) is 12.0. The first-order valence-electron chi connectivity index (χ1n) is 13.2. The van der Waals surface area contributed by atoms with Crippen LogP contribution in [-0.2, 0) is 4.79 Å². The zero-order valence-electron chi connectivity index (χ0n) is 20.3. The molecule has 0 radical (unpaired) electrons. The minimum atomic E-state index is -0.168. The van der Waals surface area contributed by atoms with Crippen molar-refractivity contribution in [2.45, 2.75) is 105 Å². The third kappa shape index (κ3) is 3.55. The molecule has 0 aromatic carbocycles. The summed E-state index contributed by atoms with van der Waals surface area (Å²) in [5, 5.41) is 14.6. The van der Waals surface area contributed by atoms with E-state index in [1.165, 1.54) is 44.9 Å². The van der Waals surface area contributed by atoms with Gasteiger partial charge in [-0.25, -0.2) is 0 Å². The van der Waals surface area contributed by atoms with Crippen LogP contribution in [0.4, 0.5) is 0 Å². The normalized spacial score (nSPS) is 48.9. The maximum atomic E-state index is 12.0. The topological polar surface area (TPSA) is 49.3 Å². The van der Waals surface area contributed by atoms with Gasteiger partial charge in [0.1, 0.15) is 0 Å². The first-order chi connectivity index (χ1) is 14.2. The summed E-state index contributed by atoms with van der Waals surface area (Å²) < 4.78 is 0. The molecule has 4 fully saturated rings. The van der Waals surface area contributed by atoms with E-state index in [4.69, 9.17) is 0 Å². The molecule has 3 heteroatoms. The second-order valence-corrected chi connectivity index (χ2v) is 12.3. The van der Waals surface area contributed by atoms with E-state index < -0.39 is 0 Å². The Morgan fingerprint density at radius 1 is 1.10 bits per heavy atom. The summed E-state index contributed by atoms with van der Waals surface area (Å²) in [6.45, 7) is 12.5. The second-order valence-electron chi connectivity index (χ2n) is 12.3. The van der Waals surface area contributed by atoms with Crippen molar-refractivity contribution < 1.29 is 9.90 Å². The fraction of sp³-hybridized carbons (Fsp3) is 0.963. The monoisotopic (exact) mass is 417 g/mol. The van der Waals surface area contributed by atoms with Gasteiger partial charge in [0.05, 0.1) is 6.10 Å². The van der Waals surface area contributed by atoms with Crippen LogP contribution in [0.5, 0.6) is 0 Å². The van der Waals surface area contributed by atoms with Crippen molar-refractivity contribution in [2.24, 2.45) is 52.3 Å². The average Bonchev–Trinajstić information content (AvgIpc) is 3.07. The summed E-state index contributed by atoms with van der Waals surface area (Å²) in [5.41, 5.74) is 0.507. The smallest absolute Gasteiger partial charge is 0.219 e. The molecule has 2 N–H and O–H groups in total.